The SMILES string of the molecule is CC(C)NC(=O)c1cc2cc3ccccc3nc2s1. The van der Waals surface area contributed by atoms with Gasteiger partial charge in [-0.05, 0) is 32.0 Å². The van der Waals surface area contributed by atoms with E-state index in [9.17, 15) is 4.79 Å². The molecule has 2 heterocycles. The van der Waals surface area contributed by atoms with Gasteiger partial charge in [-0.25, -0.2) is 4.98 Å². The van der Waals surface area contributed by atoms with Crippen molar-refractivity contribution < 1.29 is 4.79 Å². The van der Waals surface area contributed by atoms with Crippen LogP contribution in [0.3, 0.4) is 0 Å². The number of nitrogens with zero attached hydrogens (tertiary/aromatic N) is 1. The van der Waals surface area contributed by atoms with E-state index in [1.165, 1.54) is 11.3 Å². The van der Waals surface area contributed by atoms with Crippen LogP contribution >= 0.6 is 11.3 Å². The lowest BCUT2D eigenvalue weighted by molar-refractivity contribution is 0.0947. The molecular formula is C15H14N2OS. The maximum atomic E-state index is 12.0. The third-order valence-corrected chi connectivity index (χ3v) is 3.90. The van der Waals surface area contributed by atoms with Gasteiger partial charge in [-0.15, -0.1) is 11.3 Å². The van der Waals surface area contributed by atoms with Gasteiger partial charge in [-0.3, -0.25) is 4.79 Å². The maximum absolute atomic E-state index is 12.0. The summed E-state index contributed by atoms with van der Waals surface area (Å²) in [5, 5.41) is 5.03. The minimum Gasteiger partial charge on any atom is -0.349 e. The molecule has 1 aromatic carbocycles. The highest BCUT2D eigenvalue weighted by atomic mass is 32.1. The van der Waals surface area contributed by atoms with E-state index in [4.69, 9.17) is 0 Å². The normalized spacial score (nSPS) is 11.3. The highest BCUT2D eigenvalue weighted by Crippen LogP contribution is 2.27. The first-order valence-corrected chi connectivity index (χ1v) is 7.05. The maximum Gasteiger partial charge on any atom is 0.261 e. The summed E-state index contributed by atoms with van der Waals surface area (Å²) in [6, 6.07) is 12.1. The monoisotopic (exact) mass is 270 g/mol. The van der Waals surface area contributed by atoms with Crippen molar-refractivity contribution in [3.05, 3.63) is 41.3 Å². The summed E-state index contributed by atoms with van der Waals surface area (Å²) in [7, 11) is 0. The van der Waals surface area contributed by atoms with Crippen LogP contribution in [0.4, 0.5) is 0 Å². The van der Waals surface area contributed by atoms with Crippen LogP contribution in [0.1, 0.15) is 23.5 Å². The molecule has 0 spiro atoms. The number of thiophene rings is 1. The largest absolute Gasteiger partial charge is 0.349 e. The molecular weight excluding hydrogens is 256 g/mol. The van der Waals surface area contributed by atoms with Gasteiger partial charge in [0, 0.05) is 16.8 Å². The quantitative estimate of drug-likeness (QED) is 0.773. The third kappa shape index (κ3) is 2.31. The van der Waals surface area contributed by atoms with Crippen LogP contribution in [-0.2, 0) is 0 Å². The van der Waals surface area contributed by atoms with E-state index in [-0.39, 0.29) is 11.9 Å². The fourth-order valence-electron chi connectivity index (χ4n) is 2.02. The number of nitrogens with one attached hydrogen (secondary N) is 1. The van der Waals surface area contributed by atoms with Crippen molar-refractivity contribution in [1.29, 1.82) is 0 Å². The Bertz CT molecular complexity index is 709. The van der Waals surface area contributed by atoms with Crippen LogP contribution in [0.5, 0.6) is 0 Å². The minimum absolute atomic E-state index is 0.0259. The Hall–Kier alpha value is -1.94. The molecule has 3 aromatic rings. The lowest BCUT2D eigenvalue weighted by atomic mass is 10.2. The predicted molar refractivity (Wildman–Crippen MR) is 79.7 cm³/mol. The Morgan fingerprint density at radius 3 is 2.79 bits per heavy atom. The summed E-state index contributed by atoms with van der Waals surface area (Å²) in [4.78, 5) is 18.2. The first-order valence-electron chi connectivity index (χ1n) is 6.24. The van der Waals surface area contributed by atoms with Gasteiger partial charge in [0.15, 0.2) is 0 Å². The second-order valence-electron chi connectivity index (χ2n) is 4.81. The lowest BCUT2D eigenvalue weighted by Gasteiger charge is -2.05. The topological polar surface area (TPSA) is 42.0 Å². The summed E-state index contributed by atoms with van der Waals surface area (Å²) >= 11 is 1.44. The number of carbonyl (C=O) groups excluding carboxylic acids is 1. The third-order valence-electron chi connectivity index (χ3n) is 2.85. The summed E-state index contributed by atoms with van der Waals surface area (Å²) < 4.78 is 0. The van der Waals surface area contributed by atoms with Crippen LogP contribution in [0, 0.1) is 0 Å². The van der Waals surface area contributed by atoms with E-state index in [1.54, 1.807) is 0 Å². The van der Waals surface area contributed by atoms with Crippen molar-refractivity contribution >= 4 is 38.4 Å². The highest BCUT2D eigenvalue weighted by Gasteiger charge is 2.12. The fraction of sp³-hybridized carbons (Fsp3) is 0.200. The summed E-state index contributed by atoms with van der Waals surface area (Å²) in [6.45, 7) is 3.91. The lowest BCUT2D eigenvalue weighted by Crippen LogP contribution is -2.29. The number of rotatable bonds is 2. The van der Waals surface area contributed by atoms with Crippen molar-refractivity contribution in [2.45, 2.75) is 19.9 Å². The number of carbonyl (C=O) groups is 1. The van der Waals surface area contributed by atoms with Gasteiger partial charge in [0.05, 0.1) is 10.4 Å². The molecule has 1 N–H and O–H groups in total. The molecule has 0 aliphatic heterocycles. The molecule has 1 amide bonds. The summed E-state index contributed by atoms with van der Waals surface area (Å²) in [6.07, 6.45) is 0. The Labute approximate surface area is 115 Å². The van der Waals surface area contributed by atoms with Crippen molar-refractivity contribution in [2.75, 3.05) is 0 Å². The van der Waals surface area contributed by atoms with E-state index in [0.29, 0.717) is 4.88 Å². The number of aromatic nitrogens is 1. The van der Waals surface area contributed by atoms with E-state index in [1.807, 2.05) is 44.2 Å². The number of para-hydroxylation sites is 1. The van der Waals surface area contributed by atoms with Gasteiger partial charge in [0.25, 0.3) is 5.91 Å². The number of pyridine rings is 1. The molecule has 0 radical (unpaired) electrons. The molecule has 0 bridgehead atoms. The molecule has 4 heteroatoms. The smallest absolute Gasteiger partial charge is 0.261 e. The average Bonchev–Trinajstić information content (AvgIpc) is 2.78. The van der Waals surface area contributed by atoms with E-state index < -0.39 is 0 Å². The molecule has 0 unspecified atom stereocenters. The predicted octanol–water partition coefficient (Wildman–Crippen LogP) is 3.59. The van der Waals surface area contributed by atoms with Crippen molar-refractivity contribution in [3.63, 3.8) is 0 Å². The Morgan fingerprint density at radius 2 is 2.00 bits per heavy atom. The van der Waals surface area contributed by atoms with Gasteiger partial charge < -0.3 is 5.32 Å². The Kier molecular flexibility index (Phi) is 2.95. The number of hydrogen-bond donors (Lipinski definition) is 1. The molecule has 0 aliphatic rings. The summed E-state index contributed by atoms with van der Waals surface area (Å²) in [5.74, 6) is -0.0259. The Balaban J connectivity index is 2.09. The van der Waals surface area contributed by atoms with Crippen molar-refractivity contribution in [2.24, 2.45) is 0 Å². The number of hydrogen-bond acceptors (Lipinski definition) is 3. The zero-order chi connectivity index (χ0) is 13.4. The van der Waals surface area contributed by atoms with Gasteiger partial charge in [-0.2, -0.15) is 0 Å². The Morgan fingerprint density at radius 1 is 1.21 bits per heavy atom. The molecule has 0 saturated heterocycles. The molecule has 0 saturated carbocycles. The van der Waals surface area contributed by atoms with Crippen molar-refractivity contribution in [1.82, 2.24) is 10.3 Å². The van der Waals surface area contributed by atoms with Gasteiger partial charge in [-0.1, -0.05) is 18.2 Å². The van der Waals surface area contributed by atoms with Crippen molar-refractivity contribution in [3.8, 4) is 0 Å². The fourth-order valence-corrected chi connectivity index (χ4v) is 2.95. The summed E-state index contributed by atoms with van der Waals surface area (Å²) in [5.41, 5.74) is 0.965. The molecule has 19 heavy (non-hydrogen) atoms. The van der Waals surface area contributed by atoms with Crippen LogP contribution in [0.15, 0.2) is 36.4 Å². The highest BCUT2D eigenvalue weighted by molar-refractivity contribution is 7.20. The van der Waals surface area contributed by atoms with E-state index in [2.05, 4.69) is 16.4 Å². The first-order chi connectivity index (χ1) is 9.13. The number of fused-ring (bicyclic) bond motifs is 2. The van der Waals surface area contributed by atoms with Gasteiger partial charge in [0.1, 0.15) is 4.83 Å². The first kappa shape index (κ1) is 12.1. The number of amides is 1. The molecule has 3 rings (SSSR count). The molecule has 0 atom stereocenters. The van der Waals surface area contributed by atoms with E-state index >= 15 is 0 Å². The van der Waals surface area contributed by atoms with Crippen LogP contribution < -0.4 is 5.32 Å². The molecule has 96 valence electrons. The molecule has 0 fully saturated rings. The average molecular weight is 270 g/mol. The van der Waals surface area contributed by atoms with Gasteiger partial charge in [0.2, 0.25) is 0 Å². The van der Waals surface area contributed by atoms with E-state index in [0.717, 1.165) is 21.1 Å². The standard InChI is InChI=1S/C15H14N2OS/c1-9(2)16-14(18)13-8-11-7-10-5-3-4-6-12(10)17-15(11)19-13/h3-9H,1-2H3,(H,16,18). The minimum atomic E-state index is -0.0259. The van der Waals surface area contributed by atoms with Crippen LogP contribution in [0.2, 0.25) is 0 Å². The number of benzene rings is 1. The molecule has 3 nitrogen and oxygen atoms in total. The molecule has 2 aromatic heterocycles. The zero-order valence-electron chi connectivity index (χ0n) is 10.8. The second-order valence-corrected chi connectivity index (χ2v) is 5.84. The van der Waals surface area contributed by atoms with Gasteiger partial charge >= 0.3 is 0 Å². The zero-order valence-corrected chi connectivity index (χ0v) is 11.6. The van der Waals surface area contributed by atoms with Crippen LogP contribution in [-0.4, -0.2) is 16.9 Å². The molecule has 0 aliphatic carbocycles. The van der Waals surface area contributed by atoms with Crippen LogP contribution in [0.25, 0.3) is 21.1 Å². The second kappa shape index (κ2) is 4.63.